The number of hydrogen-bond acceptors (Lipinski definition) is 2. The van der Waals surface area contributed by atoms with Crippen LogP contribution in [-0.2, 0) is 0 Å². The molecule has 0 atom stereocenters. The summed E-state index contributed by atoms with van der Waals surface area (Å²) >= 11 is 0. The molecule has 2 N–H and O–H groups in total. The third-order valence-electron chi connectivity index (χ3n) is 3.63. The number of carbonyl (C=O) groups is 1. The van der Waals surface area contributed by atoms with Crippen LogP contribution in [0.25, 0.3) is 0 Å². The maximum Gasteiger partial charge on any atom is 0.259 e. The van der Waals surface area contributed by atoms with E-state index in [0.29, 0.717) is 12.1 Å². The van der Waals surface area contributed by atoms with Gasteiger partial charge in [0.2, 0.25) is 0 Å². The first-order valence-electron chi connectivity index (χ1n) is 5.97. The monoisotopic (exact) mass is 272 g/mol. The molecule has 0 unspecified atom stereocenters. The Balaban J connectivity index is 2.20. The number of rotatable bonds is 2. The van der Waals surface area contributed by atoms with Crippen LogP contribution in [0.2, 0.25) is 0 Å². The average molecular weight is 272 g/mol. The second-order valence-corrected chi connectivity index (χ2v) is 5.29. The van der Waals surface area contributed by atoms with Gasteiger partial charge >= 0.3 is 0 Å². The van der Waals surface area contributed by atoms with E-state index in [1.165, 1.54) is 4.90 Å². The van der Waals surface area contributed by atoms with Crippen molar-refractivity contribution in [3.63, 3.8) is 0 Å². The summed E-state index contributed by atoms with van der Waals surface area (Å²) in [5.41, 5.74) is 4.76. The van der Waals surface area contributed by atoms with Gasteiger partial charge in [0.15, 0.2) is 0 Å². The molecule has 0 radical (unpaired) electrons. The molecule has 1 aromatic rings. The van der Waals surface area contributed by atoms with Crippen molar-refractivity contribution in [1.82, 2.24) is 4.90 Å². The molecule has 1 fully saturated rings. The summed E-state index contributed by atoms with van der Waals surface area (Å²) < 4.78 is 39.7. The number of hydrogen-bond donors (Lipinski definition) is 1. The van der Waals surface area contributed by atoms with Crippen molar-refractivity contribution in [1.29, 1.82) is 0 Å². The number of nitrogens with zero attached hydrogens (tertiary/aromatic N) is 1. The number of halogens is 3. The number of likely N-dealkylation sites (tertiary alicyclic amines) is 1. The van der Waals surface area contributed by atoms with E-state index in [9.17, 15) is 18.0 Å². The first kappa shape index (κ1) is 13.9. The molecular weight excluding hydrogens is 257 g/mol. The molecule has 104 valence electrons. The van der Waals surface area contributed by atoms with Gasteiger partial charge in [0, 0.05) is 25.2 Å². The van der Waals surface area contributed by atoms with Gasteiger partial charge in [0.05, 0.1) is 5.54 Å². The third kappa shape index (κ3) is 2.32. The number of carbonyl (C=O) groups excluding carboxylic acids is 1. The summed E-state index contributed by atoms with van der Waals surface area (Å²) in [4.78, 5) is 13.2. The zero-order chi connectivity index (χ0) is 14.4. The third-order valence-corrected chi connectivity index (χ3v) is 3.63. The van der Waals surface area contributed by atoms with Crippen LogP contribution < -0.4 is 5.73 Å². The number of nitrogens with two attached hydrogens (primary N) is 1. The Labute approximate surface area is 109 Å². The molecule has 0 bridgehead atoms. The fourth-order valence-corrected chi connectivity index (χ4v) is 2.08. The fourth-order valence-electron chi connectivity index (χ4n) is 2.08. The predicted octanol–water partition coefficient (Wildman–Crippen LogP) is 1.91. The lowest BCUT2D eigenvalue weighted by molar-refractivity contribution is 0.0266. The highest BCUT2D eigenvalue weighted by Crippen LogP contribution is 2.28. The summed E-state index contributed by atoms with van der Waals surface area (Å²) in [6.45, 7) is 4.31. The maximum atomic E-state index is 13.5. The zero-order valence-electron chi connectivity index (χ0n) is 10.7. The van der Waals surface area contributed by atoms with Gasteiger partial charge in [-0.1, -0.05) is 13.8 Å². The van der Waals surface area contributed by atoms with Gasteiger partial charge in [0.1, 0.15) is 23.0 Å². The van der Waals surface area contributed by atoms with Crippen LogP contribution in [0.3, 0.4) is 0 Å². The van der Waals surface area contributed by atoms with Gasteiger partial charge in [-0.25, -0.2) is 13.2 Å². The Hall–Kier alpha value is -1.56. The molecule has 1 aliphatic heterocycles. The molecular formula is C13H15F3N2O. The molecule has 19 heavy (non-hydrogen) atoms. The summed E-state index contributed by atoms with van der Waals surface area (Å²) in [6.07, 6.45) is 0. The van der Waals surface area contributed by atoms with E-state index in [4.69, 9.17) is 5.73 Å². The minimum absolute atomic E-state index is 0.152. The highest BCUT2D eigenvalue weighted by Gasteiger charge is 2.45. The average Bonchev–Trinajstić information content (AvgIpc) is 2.22. The predicted molar refractivity (Wildman–Crippen MR) is 64.0 cm³/mol. The Morgan fingerprint density at radius 1 is 1.26 bits per heavy atom. The molecule has 0 saturated carbocycles. The minimum atomic E-state index is -1.19. The van der Waals surface area contributed by atoms with Gasteiger partial charge in [-0.3, -0.25) is 4.79 Å². The van der Waals surface area contributed by atoms with Crippen LogP contribution >= 0.6 is 0 Å². The fraction of sp³-hybridized carbons (Fsp3) is 0.462. The Kier molecular flexibility index (Phi) is 3.30. The zero-order valence-corrected chi connectivity index (χ0v) is 10.7. The second kappa shape index (κ2) is 4.52. The van der Waals surface area contributed by atoms with Crippen LogP contribution in [0.5, 0.6) is 0 Å². The summed E-state index contributed by atoms with van der Waals surface area (Å²) in [5, 5.41) is 0. The van der Waals surface area contributed by atoms with Gasteiger partial charge in [-0.2, -0.15) is 0 Å². The minimum Gasteiger partial charge on any atom is -0.335 e. The molecule has 1 aromatic carbocycles. The topological polar surface area (TPSA) is 46.3 Å². The summed E-state index contributed by atoms with van der Waals surface area (Å²) in [5.74, 6) is -4.08. The Morgan fingerprint density at radius 3 is 2.16 bits per heavy atom. The van der Waals surface area contributed by atoms with Crippen molar-refractivity contribution in [2.24, 2.45) is 11.7 Å². The van der Waals surface area contributed by atoms with Gasteiger partial charge in [-0.15, -0.1) is 0 Å². The van der Waals surface area contributed by atoms with E-state index < -0.39 is 34.5 Å². The molecule has 0 spiro atoms. The molecule has 2 rings (SSSR count). The van der Waals surface area contributed by atoms with Crippen molar-refractivity contribution in [3.8, 4) is 0 Å². The molecule has 1 heterocycles. The molecule has 0 aromatic heterocycles. The number of amides is 1. The Morgan fingerprint density at radius 2 is 1.74 bits per heavy atom. The van der Waals surface area contributed by atoms with Crippen molar-refractivity contribution in [2.45, 2.75) is 19.4 Å². The normalized spacial score (nSPS) is 17.5. The molecule has 3 nitrogen and oxygen atoms in total. The standard InChI is InChI=1S/C13H15F3N2O/c1-7(2)13(17)5-18(6-13)12(19)11-9(15)3-8(14)4-10(11)16/h3-4,7H,5-6,17H2,1-2H3. The first-order valence-corrected chi connectivity index (χ1v) is 5.97. The summed E-state index contributed by atoms with van der Waals surface area (Å²) in [6, 6.07) is 0.989. The lowest BCUT2D eigenvalue weighted by Gasteiger charge is -2.50. The van der Waals surface area contributed by atoms with E-state index in [2.05, 4.69) is 0 Å². The van der Waals surface area contributed by atoms with Crippen molar-refractivity contribution >= 4 is 5.91 Å². The van der Waals surface area contributed by atoms with Crippen molar-refractivity contribution in [2.75, 3.05) is 13.1 Å². The van der Waals surface area contributed by atoms with E-state index >= 15 is 0 Å². The lowest BCUT2D eigenvalue weighted by Crippen LogP contribution is -2.71. The van der Waals surface area contributed by atoms with Crippen LogP contribution in [0.4, 0.5) is 13.2 Å². The molecule has 1 amide bonds. The van der Waals surface area contributed by atoms with Crippen LogP contribution in [0.15, 0.2) is 12.1 Å². The van der Waals surface area contributed by atoms with E-state index in [0.717, 1.165) is 0 Å². The van der Waals surface area contributed by atoms with Crippen LogP contribution in [0.1, 0.15) is 24.2 Å². The highest BCUT2D eigenvalue weighted by atomic mass is 19.1. The summed E-state index contributed by atoms with van der Waals surface area (Å²) in [7, 11) is 0. The molecule has 1 aliphatic rings. The molecule has 6 heteroatoms. The molecule has 0 aliphatic carbocycles. The van der Waals surface area contributed by atoms with Crippen LogP contribution in [-0.4, -0.2) is 29.4 Å². The first-order chi connectivity index (χ1) is 8.74. The van der Waals surface area contributed by atoms with E-state index in [1.54, 1.807) is 0 Å². The Bertz CT molecular complexity index is 502. The molecule has 1 saturated heterocycles. The highest BCUT2D eigenvalue weighted by molar-refractivity contribution is 5.95. The quantitative estimate of drug-likeness (QED) is 0.894. The van der Waals surface area contributed by atoms with Crippen molar-refractivity contribution < 1.29 is 18.0 Å². The lowest BCUT2D eigenvalue weighted by atomic mass is 9.80. The van der Waals surface area contributed by atoms with Crippen molar-refractivity contribution in [3.05, 3.63) is 35.1 Å². The SMILES string of the molecule is CC(C)C1(N)CN(C(=O)c2c(F)cc(F)cc2F)C1. The number of benzene rings is 1. The van der Waals surface area contributed by atoms with Gasteiger partial charge in [-0.05, 0) is 5.92 Å². The van der Waals surface area contributed by atoms with Crippen LogP contribution in [0, 0.1) is 23.4 Å². The van der Waals surface area contributed by atoms with Gasteiger partial charge in [0.25, 0.3) is 5.91 Å². The van der Waals surface area contributed by atoms with E-state index in [1.807, 2.05) is 13.8 Å². The smallest absolute Gasteiger partial charge is 0.259 e. The maximum absolute atomic E-state index is 13.5. The van der Waals surface area contributed by atoms with Gasteiger partial charge < -0.3 is 10.6 Å². The second-order valence-electron chi connectivity index (χ2n) is 5.29. The van der Waals surface area contributed by atoms with E-state index in [-0.39, 0.29) is 19.0 Å². The largest absolute Gasteiger partial charge is 0.335 e.